The number of aromatic nitrogens is 4. The molecule has 0 amide bonds. The van der Waals surface area contributed by atoms with Crippen molar-refractivity contribution in [1.29, 1.82) is 0 Å². The first-order chi connectivity index (χ1) is 13.1. The second-order valence-electron chi connectivity index (χ2n) is 6.63. The van der Waals surface area contributed by atoms with E-state index in [0.29, 0.717) is 16.8 Å². The number of aryl methyl sites for hydroxylation is 1. The van der Waals surface area contributed by atoms with Crippen LogP contribution < -0.4 is 4.74 Å². The second-order valence-corrected chi connectivity index (χ2v) is 7.62. The van der Waals surface area contributed by atoms with E-state index < -0.39 is 6.10 Å². The van der Waals surface area contributed by atoms with Gasteiger partial charge in [-0.25, -0.2) is 0 Å². The first-order valence-corrected chi connectivity index (χ1v) is 9.91. The summed E-state index contributed by atoms with van der Waals surface area (Å²) >= 11 is 1.41. The molecule has 0 aliphatic rings. The molecule has 0 bridgehead atoms. The van der Waals surface area contributed by atoms with Crippen LogP contribution in [0.1, 0.15) is 30.9 Å². The molecule has 3 aromatic rings. The maximum Gasteiger partial charge on any atom is 0.214 e. The molecule has 6 nitrogen and oxygen atoms in total. The average Bonchev–Trinajstić information content (AvgIpc) is 3.13. The number of benzene rings is 2. The van der Waals surface area contributed by atoms with E-state index in [-0.39, 0.29) is 6.61 Å². The molecule has 1 N–H and O–H groups in total. The fraction of sp³-hybridized carbons (Fsp3) is 0.350. The highest BCUT2D eigenvalue weighted by Crippen LogP contribution is 2.26. The summed E-state index contributed by atoms with van der Waals surface area (Å²) in [6.07, 6.45) is -0.628. The van der Waals surface area contributed by atoms with Crippen molar-refractivity contribution in [3.05, 3.63) is 59.7 Å². The molecule has 0 saturated heterocycles. The van der Waals surface area contributed by atoms with Gasteiger partial charge in [0.2, 0.25) is 5.16 Å². The summed E-state index contributed by atoms with van der Waals surface area (Å²) in [5.41, 5.74) is 3.16. The molecule has 0 radical (unpaired) electrons. The van der Waals surface area contributed by atoms with Gasteiger partial charge in [-0.2, -0.15) is 4.68 Å². The number of thioether (sulfide) groups is 1. The molecule has 142 valence electrons. The highest BCUT2D eigenvalue weighted by Gasteiger charge is 2.15. The molecule has 3 rings (SSSR count). The monoisotopic (exact) mass is 384 g/mol. The van der Waals surface area contributed by atoms with Gasteiger partial charge in [0.25, 0.3) is 0 Å². The van der Waals surface area contributed by atoms with Crippen LogP contribution in [0.15, 0.2) is 53.7 Å². The standard InChI is InChI=1S/C20H24N4O2S/c1-14(2)17-9-5-7-11-19(17)26-12-16(25)13-27-20-21-22-23-24(20)18-10-6-4-8-15(18)3/h4-11,14,16,25H,12-13H2,1-3H3/t16-/m0/s1. The zero-order chi connectivity index (χ0) is 19.2. The van der Waals surface area contributed by atoms with Gasteiger partial charge < -0.3 is 9.84 Å². The number of ether oxygens (including phenoxy) is 1. The molecule has 0 aliphatic carbocycles. The van der Waals surface area contributed by atoms with E-state index in [9.17, 15) is 5.11 Å². The quantitative estimate of drug-likeness (QED) is 0.598. The molecular formula is C20H24N4O2S. The third kappa shape index (κ3) is 4.87. The number of aliphatic hydroxyl groups is 1. The summed E-state index contributed by atoms with van der Waals surface area (Å²) in [6, 6.07) is 15.8. The van der Waals surface area contributed by atoms with Gasteiger partial charge in [0.05, 0.1) is 11.8 Å². The maximum absolute atomic E-state index is 10.3. The van der Waals surface area contributed by atoms with E-state index in [0.717, 1.165) is 22.6 Å². The minimum atomic E-state index is -0.628. The van der Waals surface area contributed by atoms with E-state index >= 15 is 0 Å². The van der Waals surface area contributed by atoms with Crippen LogP contribution in [0.3, 0.4) is 0 Å². The van der Waals surface area contributed by atoms with Crippen LogP contribution in [0.2, 0.25) is 0 Å². The molecule has 7 heteroatoms. The number of hydrogen-bond acceptors (Lipinski definition) is 6. The van der Waals surface area contributed by atoms with Gasteiger partial charge in [-0.1, -0.05) is 62.0 Å². The topological polar surface area (TPSA) is 73.1 Å². The van der Waals surface area contributed by atoms with Crippen molar-refractivity contribution in [3.8, 4) is 11.4 Å². The molecule has 1 atom stereocenters. The highest BCUT2D eigenvalue weighted by molar-refractivity contribution is 7.99. The fourth-order valence-electron chi connectivity index (χ4n) is 2.71. The predicted octanol–water partition coefficient (Wildman–Crippen LogP) is 3.63. The zero-order valence-corrected chi connectivity index (χ0v) is 16.6. The first-order valence-electron chi connectivity index (χ1n) is 8.93. The van der Waals surface area contributed by atoms with Crippen molar-refractivity contribution in [2.24, 2.45) is 0 Å². The SMILES string of the molecule is Cc1ccccc1-n1nnnc1SC[C@@H](O)COc1ccccc1C(C)C. The summed E-state index contributed by atoms with van der Waals surface area (Å²) in [5.74, 6) is 1.63. The van der Waals surface area contributed by atoms with Gasteiger partial charge in [0.15, 0.2) is 0 Å². The largest absolute Gasteiger partial charge is 0.491 e. The molecule has 0 unspecified atom stereocenters. The van der Waals surface area contributed by atoms with Gasteiger partial charge in [0.1, 0.15) is 12.4 Å². The first kappa shape index (κ1) is 19.4. The molecule has 0 aliphatic heterocycles. The number of aliphatic hydroxyl groups excluding tert-OH is 1. The van der Waals surface area contributed by atoms with Crippen molar-refractivity contribution in [1.82, 2.24) is 20.2 Å². The van der Waals surface area contributed by atoms with Crippen LogP contribution in [0.4, 0.5) is 0 Å². The summed E-state index contributed by atoms with van der Waals surface area (Å²) in [6.45, 7) is 6.49. The molecule has 2 aromatic carbocycles. The highest BCUT2D eigenvalue weighted by atomic mass is 32.2. The van der Waals surface area contributed by atoms with Crippen molar-refractivity contribution in [2.75, 3.05) is 12.4 Å². The summed E-state index contributed by atoms with van der Waals surface area (Å²) in [5, 5.41) is 22.9. The van der Waals surface area contributed by atoms with E-state index in [4.69, 9.17) is 4.74 Å². The molecule has 1 heterocycles. The van der Waals surface area contributed by atoms with E-state index in [1.54, 1.807) is 4.68 Å². The minimum Gasteiger partial charge on any atom is -0.491 e. The van der Waals surface area contributed by atoms with Gasteiger partial charge in [0, 0.05) is 5.75 Å². The molecule has 0 spiro atoms. The van der Waals surface area contributed by atoms with Gasteiger partial charge in [-0.05, 0) is 46.5 Å². The zero-order valence-electron chi connectivity index (χ0n) is 15.7. The summed E-state index contributed by atoms with van der Waals surface area (Å²) in [4.78, 5) is 0. The Hall–Kier alpha value is -2.38. The number of para-hydroxylation sites is 2. The van der Waals surface area contributed by atoms with Crippen LogP contribution in [0.5, 0.6) is 5.75 Å². The Kier molecular flexibility index (Phi) is 6.47. The van der Waals surface area contributed by atoms with E-state index in [2.05, 4.69) is 35.4 Å². The van der Waals surface area contributed by atoms with Crippen LogP contribution in [-0.2, 0) is 0 Å². The van der Waals surface area contributed by atoms with Gasteiger partial charge in [-0.15, -0.1) is 5.10 Å². The maximum atomic E-state index is 10.3. The van der Waals surface area contributed by atoms with Crippen LogP contribution in [0, 0.1) is 6.92 Å². The molecule has 0 saturated carbocycles. The Balaban J connectivity index is 1.59. The van der Waals surface area contributed by atoms with Crippen LogP contribution in [-0.4, -0.2) is 43.8 Å². The summed E-state index contributed by atoms with van der Waals surface area (Å²) < 4.78 is 7.54. The lowest BCUT2D eigenvalue weighted by Crippen LogP contribution is -2.21. The van der Waals surface area contributed by atoms with Crippen molar-refractivity contribution >= 4 is 11.8 Å². The molecule has 27 heavy (non-hydrogen) atoms. The number of rotatable bonds is 8. The fourth-order valence-corrected chi connectivity index (χ4v) is 3.50. The van der Waals surface area contributed by atoms with Crippen LogP contribution >= 0.6 is 11.8 Å². The molecule has 1 aromatic heterocycles. The molecular weight excluding hydrogens is 360 g/mol. The van der Waals surface area contributed by atoms with Crippen LogP contribution in [0.25, 0.3) is 5.69 Å². The Labute approximate surface area is 163 Å². The third-order valence-corrected chi connectivity index (χ3v) is 5.23. The normalized spacial score (nSPS) is 12.3. The van der Waals surface area contributed by atoms with Crippen molar-refractivity contribution in [3.63, 3.8) is 0 Å². The van der Waals surface area contributed by atoms with Crippen molar-refractivity contribution < 1.29 is 9.84 Å². The number of hydrogen-bond donors (Lipinski definition) is 1. The predicted molar refractivity (Wildman–Crippen MR) is 107 cm³/mol. The lowest BCUT2D eigenvalue weighted by atomic mass is 10.0. The Morgan fingerprint density at radius 3 is 2.63 bits per heavy atom. The third-order valence-electron chi connectivity index (χ3n) is 4.16. The average molecular weight is 385 g/mol. The Bertz CT molecular complexity index is 882. The Morgan fingerprint density at radius 2 is 1.85 bits per heavy atom. The minimum absolute atomic E-state index is 0.225. The van der Waals surface area contributed by atoms with Gasteiger partial charge in [-0.3, -0.25) is 0 Å². The van der Waals surface area contributed by atoms with Crippen molar-refractivity contribution in [2.45, 2.75) is 37.9 Å². The Morgan fingerprint density at radius 1 is 1.11 bits per heavy atom. The second kappa shape index (κ2) is 9.01. The summed E-state index contributed by atoms with van der Waals surface area (Å²) in [7, 11) is 0. The van der Waals surface area contributed by atoms with Gasteiger partial charge >= 0.3 is 0 Å². The lowest BCUT2D eigenvalue weighted by molar-refractivity contribution is 0.125. The molecule has 0 fully saturated rings. The number of tetrazole rings is 1. The smallest absolute Gasteiger partial charge is 0.214 e. The number of nitrogens with zero attached hydrogens (tertiary/aromatic N) is 4. The lowest BCUT2D eigenvalue weighted by Gasteiger charge is -2.16. The van der Waals surface area contributed by atoms with E-state index in [1.165, 1.54) is 11.8 Å². The van der Waals surface area contributed by atoms with E-state index in [1.807, 2.05) is 49.4 Å².